The SMILES string of the molecule is Cc1c(C(=O)O)ccc(C(=O)OCl)c1C. The summed E-state index contributed by atoms with van der Waals surface area (Å²) in [4.78, 5) is 21.9. The van der Waals surface area contributed by atoms with E-state index in [4.69, 9.17) is 17.0 Å². The van der Waals surface area contributed by atoms with Crippen LogP contribution in [0.25, 0.3) is 0 Å². The van der Waals surface area contributed by atoms with Gasteiger partial charge in [-0.05, 0) is 37.1 Å². The summed E-state index contributed by atoms with van der Waals surface area (Å²) < 4.78 is 4.06. The Labute approximate surface area is 91.6 Å². The number of hydrogen-bond acceptors (Lipinski definition) is 3. The first-order valence-electron chi connectivity index (χ1n) is 4.15. The molecule has 0 bridgehead atoms. The van der Waals surface area contributed by atoms with Crippen LogP contribution < -0.4 is 0 Å². The summed E-state index contributed by atoms with van der Waals surface area (Å²) >= 11 is 4.95. The fourth-order valence-corrected chi connectivity index (χ4v) is 1.40. The monoisotopic (exact) mass is 228 g/mol. The minimum atomic E-state index is -1.03. The molecule has 0 atom stereocenters. The van der Waals surface area contributed by atoms with Crippen LogP contribution in [0.15, 0.2) is 12.1 Å². The van der Waals surface area contributed by atoms with Crippen molar-refractivity contribution in [1.29, 1.82) is 0 Å². The van der Waals surface area contributed by atoms with E-state index in [0.29, 0.717) is 11.1 Å². The van der Waals surface area contributed by atoms with Crippen molar-refractivity contribution >= 4 is 23.8 Å². The van der Waals surface area contributed by atoms with Crippen LogP contribution in [0.3, 0.4) is 0 Å². The lowest BCUT2D eigenvalue weighted by atomic mass is 9.98. The van der Waals surface area contributed by atoms with Crippen molar-refractivity contribution < 1.29 is 19.0 Å². The Morgan fingerprint density at radius 1 is 1.20 bits per heavy atom. The summed E-state index contributed by atoms with van der Waals surface area (Å²) in [7, 11) is 0. The van der Waals surface area contributed by atoms with Gasteiger partial charge in [-0.25, -0.2) is 9.59 Å². The predicted octanol–water partition coefficient (Wildman–Crippen LogP) is 2.31. The summed E-state index contributed by atoms with van der Waals surface area (Å²) in [5.74, 6) is -1.71. The van der Waals surface area contributed by atoms with Gasteiger partial charge in [0.1, 0.15) is 11.9 Å². The van der Waals surface area contributed by atoms with Gasteiger partial charge in [-0.15, -0.1) is 0 Å². The van der Waals surface area contributed by atoms with Gasteiger partial charge in [-0.2, -0.15) is 0 Å². The molecule has 1 rings (SSSR count). The molecule has 80 valence electrons. The zero-order valence-corrected chi connectivity index (χ0v) is 8.96. The summed E-state index contributed by atoms with van der Waals surface area (Å²) in [6.07, 6.45) is 0. The summed E-state index contributed by atoms with van der Waals surface area (Å²) in [6.45, 7) is 3.27. The highest BCUT2D eigenvalue weighted by molar-refractivity contribution is 6.16. The average Bonchev–Trinajstić information content (AvgIpc) is 2.20. The lowest BCUT2D eigenvalue weighted by Crippen LogP contribution is -2.07. The third-order valence-corrected chi connectivity index (χ3v) is 2.45. The largest absolute Gasteiger partial charge is 0.478 e. The number of hydrogen-bond donors (Lipinski definition) is 1. The molecule has 0 aliphatic carbocycles. The van der Waals surface area contributed by atoms with Gasteiger partial charge in [0.05, 0.1) is 11.1 Å². The second-order valence-electron chi connectivity index (χ2n) is 3.08. The summed E-state index contributed by atoms with van der Waals surface area (Å²) in [5, 5.41) is 8.83. The quantitative estimate of drug-likeness (QED) is 0.844. The molecule has 0 heterocycles. The first-order chi connectivity index (χ1) is 6.99. The Hall–Kier alpha value is -1.55. The maximum absolute atomic E-state index is 11.2. The van der Waals surface area contributed by atoms with Crippen LogP contribution in [0.4, 0.5) is 0 Å². The number of aromatic carboxylic acids is 1. The predicted molar refractivity (Wildman–Crippen MR) is 54.1 cm³/mol. The third kappa shape index (κ3) is 2.10. The first-order valence-corrected chi connectivity index (χ1v) is 4.46. The van der Waals surface area contributed by atoms with Gasteiger partial charge in [0.15, 0.2) is 0 Å². The van der Waals surface area contributed by atoms with Gasteiger partial charge in [0.25, 0.3) is 0 Å². The number of carboxylic acids is 1. The van der Waals surface area contributed by atoms with Crippen molar-refractivity contribution in [2.45, 2.75) is 13.8 Å². The molecule has 1 N–H and O–H groups in total. The normalized spacial score (nSPS) is 9.80. The number of benzene rings is 1. The van der Waals surface area contributed by atoms with E-state index in [-0.39, 0.29) is 11.1 Å². The Morgan fingerprint density at radius 2 is 1.67 bits per heavy atom. The van der Waals surface area contributed by atoms with Crippen molar-refractivity contribution in [2.75, 3.05) is 0 Å². The van der Waals surface area contributed by atoms with Gasteiger partial charge in [-0.3, -0.25) is 0 Å². The zero-order valence-electron chi connectivity index (χ0n) is 8.20. The number of carbonyl (C=O) groups is 2. The molecule has 0 radical (unpaired) electrons. The average molecular weight is 229 g/mol. The second-order valence-corrected chi connectivity index (χ2v) is 3.23. The standard InChI is InChI=1S/C10H9ClO4/c1-5-6(2)8(10(14)15-11)4-3-7(5)9(12)13/h3-4H,1-2H3,(H,12,13). The van der Waals surface area contributed by atoms with Crippen LogP contribution in [0.2, 0.25) is 0 Å². The van der Waals surface area contributed by atoms with E-state index < -0.39 is 11.9 Å². The van der Waals surface area contributed by atoms with E-state index in [0.717, 1.165) is 0 Å². The summed E-state index contributed by atoms with van der Waals surface area (Å²) in [5.41, 5.74) is 1.52. The van der Waals surface area contributed by atoms with Crippen molar-refractivity contribution in [3.05, 3.63) is 34.4 Å². The van der Waals surface area contributed by atoms with E-state index >= 15 is 0 Å². The van der Waals surface area contributed by atoms with E-state index in [1.165, 1.54) is 12.1 Å². The number of carboxylic acid groups (broad SMARTS) is 1. The zero-order chi connectivity index (χ0) is 11.6. The molecular formula is C10H9ClO4. The van der Waals surface area contributed by atoms with Crippen LogP contribution >= 0.6 is 11.9 Å². The topological polar surface area (TPSA) is 63.6 Å². The molecule has 15 heavy (non-hydrogen) atoms. The number of rotatable bonds is 2. The summed E-state index contributed by atoms with van der Waals surface area (Å²) in [6, 6.07) is 2.74. The molecule has 0 aliphatic rings. The number of carbonyl (C=O) groups excluding carboxylic acids is 1. The molecule has 0 saturated carbocycles. The highest BCUT2D eigenvalue weighted by atomic mass is 35.5. The third-order valence-electron chi connectivity index (χ3n) is 2.31. The Kier molecular flexibility index (Phi) is 3.31. The second kappa shape index (κ2) is 4.31. The molecule has 5 heteroatoms. The number of halogens is 1. The maximum atomic E-state index is 11.2. The molecule has 0 saturated heterocycles. The molecule has 1 aromatic carbocycles. The Bertz CT molecular complexity index is 426. The lowest BCUT2D eigenvalue weighted by molar-refractivity contribution is 0.0692. The molecule has 0 amide bonds. The van der Waals surface area contributed by atoms with Gasteiger partial charge in [0.2, 0.25) is 0 Å². The molecule has 4 nitrogen and oxygen atoms in total. The van der Waals surface area contributed by atoms with E-state index in [2.05, 4.69) is 4.29 Å². The van der Waals surface area contributed by atoms with Crippen LogP contribution in [-0.4, -0.2) is 17.0 Å². The van der Waals surface area contributed by atoms with Gasteiger partial charge >= 0.3 is 11.9 Å². The lowest BCUT2D eigenvalue weighted by Gasteiger charge is -2.08. The van der Waals surface area contributed by atoms with Crippen LogP contribution in [0.1, 0.15) is 31.8 Å². The fourth-order valence-electron chi connectivity index (χ4n) is 1.32. The van der Waals surface area contributed by atoms with Gasteiger partial charge in [0, 0.05) is 0 Å². The minimum absolute atomic E-state index is 0.165. The van der Waals surface area contributed by atoms with E-state index in [1.54, 1.807) is 13.8 Å². The molecule has 1 aromatic rings. The van der Waals surface area contributed by atoms with Gasteiger partial charge < -0.3 is 9.40 Å². The molecule has 0 aromatic heterocycles. The molecule has 0 aliphatic heterocycles. The van der Waals surface area contributed by atoms with E-state index in [1.807, 2.05) is 0 Å². The van der Waals surface area contributed by atoms with E-state index in [9.17, 15) is 9.59 Å². The Morgan fingerprint density at radius 3 is 2.13 bits per heavy atom. The maximum Gasteiger partial charge on any atom is 0.356 e. The van der Waals surface area contributed by atoms with Gasteiger partial charge in [-0.1, -0.05) is 0 Å². The molecular weight excluding hydrogens is 220 g/mol. The van der Waals surface area contributed by atoms with Crippen molar-refractivity contribution in [2.24, 2.45) is 0 Å². The fraction of sp³-hybridized carbons (Fsp3) is 0.200. The first kappa shape index (κ1) is 11.5. The van der Waals surface area contributed by atoms with Crippen LogP contribution in [-0.2, 0) is 4.29 Å². The van der Waals surface area contributed by atoms with Crippen LogP contribution in [0, 0.1) is 13.8 Å². The van der Waals surface area contributed by atoms with Crippen molar-refractivity contribution in [1.82, 2.24) is 0 Å². The van der Waals surface area contributed by atoms with Crippen molar-refractivity contribution in [3.63, 3.8) is 0 Å². The minimum Gasteiger partial charge on any atom is -0.478 e. The molecule has 0 fully saturated rings. The highest BCUT2D eigenvalue weighted by Gasteiger charge is 2.16. The van der Waals surface area contributed by atoms with Crippen LogP contribution in [0.5, 0.6) is 0 Å². The Balaban J connectivity index is 3.33. The molecule has 0 unspecified atom stereocenters. The highest BCUT2D eigenvalue weighted by Crippen LogP contribution is 2.19. The molecule has 0 spiro atoms. The smallest absolute Gasteiger partial charge is 0.356 e. The van der Waals surface area contributed by atoms with Crippen molar-refractivity contribution in [3.8, 4) is 0 Å².